The van der Waals surface area contributed by atoms with Crippen molar-refractivity contribution in [2.75, 3.05) is 29.7 Å². The Kier molecular flexibility index (Phi) is 7.99. The van der Waals surface area contributed by atoms with Crippen molar-refractivity contribution in [2.45, 2.75) is 36.8 Å². The van der Waals surface area contributed by atoms with E-state index in [1.165, 1.54) is 25.3 Å². The van der Waals surface area contributed by atoms with Crippen LogP contribution < -0.4 is 20.1 Å². The Morgan fingerprint density at radius 1 is 1.11 bits per heavy atom. The molecule has 0 radical (unpaired) electrons. The van der Waals surface area contributed by atoms with Crippen LogP contribution in [0, 0.1) is 17.5 Å². The number of esters is 1. The predicted molar refractivity (Wildman–Crippen MR) is 157 cm³/mol. The molecule has 230 valence electrons. The molecule has 0 saturated carbocycles. The lowest BCUT2D eigenvalue weighted by molar-refractivity contribution is -0.147. The van der Waals surface area contributed by atoms with Crippen LogP contribution in [-0.2, 0) is 19.6 Å². The highest BCUT2D eigenvalue weighted by atomic mass is 35.5. The maximum atomic E-state index is 15.8. The Balaban J connectivity index is 1.33. The summed E-state index contributed by atoms with van der Waals surface area (Å²) >= 11 is 6.15. The summed E-state index contributed by atoms with van der Waals surface area (Å²) in [7, 11) is -4.57. The van der Waals surface area contributed by atoms with Gasteiger partial charge >= 0.3 is 5.97 Å². The number of benzene rings is 3. The zero-order valence-corrected chi connectivity index (χ0v) is 24.7. The fourth-order valence-electron chi connectivity index (χ4n) is 5.29. The Morgan fingerprint density at radius 2 is 1.89 bits per heavy atom. The molecule has 3 N–H and O–H groups in total. The third-order valence-corrected chi connectivity index (χ3v) is 8.89. The van der Waals surface area contributed by atoms with Crippen LogP contribution >= 0.6 is 11.6 Å². The average molecular weight is 648 g/mol. The molecule has 44 heavy (non-hydrogen) atoms. The standard InChI is InChI=1S/C29H25ClF3N5O5S/c1-14(39)43-23-13-42-28-19(23)10-17(30)11-24(28)44(40,41)38-22-3-2-20(31)25(26(22)33)15-8-16-12-35-29(37-27(16)21(32)9-15)36-18-4-6-34-7-5-18/h2-3,8-12,18,23,34,38H,4-7,13H2,1H3,(H,35,36,37)/t23-/m1/s1. The van der Waals surface area contributed by atoms with Gasteiger partial charge in [0.2, 0.25) is 5.95 Å². The number of aromatic nitrogens is 2. The van der Waals surface area contributed by atoms with E-state index in [1.807, 2.05) is 0 Å². The van der Waals surface area contributed by atoms with Gasteiger partial charge < -0.3 is 20.1 Å². The van der Waals surface area contributed by atoms with Gasteiger partial charge in [0, 0.05) is 35.1 Å². The minimum absolute atomic E-state index is 0.00462. The molecule has 2 aliphatic heterocycles. The first-order valence-electron chi connectivity index (χ1n) is 13.6. The minimum Gasteiger partial charge on any atom is -0.487 e. The van der Waals surface area contributed by atoms with E-state index >= 15 is 13.2 Å². The zero-order chi connectivity index (χ0) is 31.2. The SMILES string of the molecule is CC(=O)O[C@@H]1COc2c1cc(Cl)cc2S(=O)(=O)Nc1ccc(F)c(-c2cc(F)c3nc(NC4CCNCC4)ncc3c2)c1F. The summed E-state index contributed by atoms with van der Waals surface area (Å²) in [6.07, 6.45) is 2.16. The monoisotopic (exact) mass is 647 g/mol. The number of piperidine rings is 1. The molecular weight excluding hydrogens is 623 g/mol. The van der Waals surface area contributed by atoms with Gasteiger partial charge in [-0.05, 0) is 67.9 Å². The molecule has 15 heteroatoms. The number of nitrogens with one attached hydrogen (secondary N) is 3. The van der Waals surface area contributed by atoms with Gasteiger partial charge in [0.1, 0.15) is 34.4 Å². The number of carbonyl (C=O) groups is 1. The van der Waals surface area contributed by atoms with E-state index in [9.17, 15) is 13.2 Å². The zero-order valence-electron chi connectivity index (χ0n) is 23.1. The number of anilines is 2. The summed E-state index contributed by atoms with van der Waals surface area (Å²) in [4.78, 5) is 19.5. The quantitative estimate of drug-likeness (QED) is 0.228. The number of sulfonamides is 1. The highest BCUT2D eigenvalue weighted by Gasteiger charge is 2.34. The van der Waals surface area contributed by atoms with Crippen LogP contribution in [0.1, 0.15) is 31.4 Å². The van der Waals surface area contributed by atoms with Gasteiger partial charge in [-0.25, -0.2) is 31.6 Å². The number of carbonyl (C=O) groups excluding carboxylic acids is 1. The number of rotatable bonds is 7. The highest BCUT2D eigenvalue weighted by molar-refractivity contribution is 7.92. The van der Waals surface area contributed by atoms with Crippen LogP contribution in [-0.4, -0.2) is 50.1 Å². The maximum Gasteiger partial charge on any atom is 0.303 e. The van der Waals surface area contributed by atoms with E-state index < -0.39 is 55.7 Å². The molecule has 2 aliphatic rings. The molecule has 6 rings (SSSR count). The summed E-state index contributed by atoms with van der Waals surface area (Å²) in [6.45, 7) is 2.71. The second-order valence-corrected chi connectivity index (χ2v) is 12.5. The number of fused-ring (bicyclic) bond motifs is 2. The molecular formula is C29H25ClF3N5O5S. The first-order chi connectivity index (χ1) is 21.0. The highest BCUT2D eigenvalue weighted by Crippen LogP contribution is 2.43. The van der Waals surface area contributed by atoms with Crippen molar-refractivity contribution in [2.24, 2.45) is 0 Å². The van der Waals surface area contributed by atoms with Crippen molar-refractivity contribution in [3.63, 3.8) is 0 Å². The largest absolute Gasteiger partial charge is 0.487 e. The van der Waals surface area contributed by atoms with E-state index in [-0.39, 0.29) is 51.4 Å². The van der Waals surface area contributed by atoms with E-state index in [4.69, 9.17) is 21.1 Å². The van der Waals surface area contributed by atoms with Gasteiger partial charge in [0.05, 0.1) is 11.3 Å². The molecule has 3 heterocycles. The molecule has 0 amide bonds. The molecule has 1 saturated heterocycles. The molecule has 0 aliphatic carbocycles. The minimum atomic E-state index is -4.57. The Bertz CT molecular complexity index is 1910. The first-order valence-corrected chi connectivity index (χ1v) is 15.4. The van der Waals surface area contributed by atoms with Gasteiger partial charge in [-0.2, -0.15) is 0 Å². The smallest absolute Gasteiger partial charge is 0.303 e. The van der Waals surface area contributed by atoms with Gasteiger partial charge in [-0.1, -0.05) is 11.6 Å². The number of hydrogen-bond acceptors (Lipinski definition) is 9. The van der Waals surface area contributed by atoms with Crippen LogP contribution in [0.25, 0.3) is 22.0 Å². The van der Waals surface area contributed by atoms with E-state index in [0.29, 0.717) is 0 Å². The molecule has 1 atom stereocenters. The molecule has 0 unspecified atom stereocenters. The third kappa shape index (κ3) is 5.84. The molecule has 0 spiro atoms. The van der Waals surface area contributed by atoms with Gasteiger partial charge in [0.25, 0.3) is 10.0 Å². The van der Waals surface area contributed by atoms with Gasteiger partial charge in [-0.3, -0.25) is 9.52 Å². The van der Waals surface area contributed by atoms with E-state index in [0.717, 1.165) is 50.2 Å². The second kappa shape index (κ2) is 11.7. The molecule has 3 aromatic carbocycles. The number of ether oxygens (including phenoxy) is 2. The first kappa shape index (κ1) is 29.9. The van der Waals surface area contributed by atoms with Crippen molar-refractivity contribution in [3.8, 4) is 16.9 Å². The van der Waals surface area contributed by atoms with Crippen LogP contribution in [0.3, 0.4) is 0 Å². The average Bonchev–Trinajstić information content (AvgIpc) is 3.36. The van der Waals surface area contributed by atoms with Crippen LogP contribution in [0.2, 0.25) is 5.02 Å². The lowest BCUT2D eigenvalue weighted by Gasteiger charge is -2.23. The van der Waals surface area contributed by atoms with E-state index in [2.05, 4.69) is 25.3 Å². The number of halogens is 4. The fraction of sp³-hybridized carbons (Fsp3) is 0.276. The molecule has 10 nitrogen and oxygen atoms in total. The molecule has 1 fully saturated rings. The predicted octanol–water partition coefficient (Wildman–Crippen LogP) is 5.33. The van der Waals surface area contributed by atoms with Crippen LogP contribution in [0.15, 0.2) is 47.5 Å². The Morgan fingerprint density at radius 3 is 2.64 bits per heavy atom. The second-order valence-electron chi connectivity index (χ2n) is 10.4. The lowest BCUT2D eigenvalue weighted by atomic mass is 10.0. The molecule has 1 aromatic heterocycles. The number of hydrogen-bond donors (Lipinski definition) is 3. The Hall–Kier alpha value is -4.14. The van der Waals surface area contributed by atoms with Gasteiger partial charge in [-0.15, -0.1) is 0 Å². The summed E-state index contributed by atoms with van der Waals surface area (Å²) in [5, 5.41) is 6.62. The van der Waals surface area contributed by atoms with Crippen molar-refractivity contribution < 1.29 is 35.9 Å². The summed E-state index contributed by atoms with van der Waals surface area (Å²) in [5.74, 6) is -3.67. The van der Waals surface area contributed by atoms with Crippen molar-refractivity contribution >= 4 is 50.1 Å². The van der Waals surface area contributed by atoms with Crippen molar-refractivity contribution in [1.82, 2.24) is 15.3 Å². The van der Waals surface area contributed by atoms with Crippen LogP contribution in [0.5, 0.6) is 5.75 Å². The van der Waals surface area contributed by atoms with Crippen LogP contribution in [0.4, 0.5) is 24.8 Å². The third-order valence-electron chi connectivity index (χ3n) is 7.31. The van der Waals surface area contributed by atoms with Crippen molar-refractivity contribution in [1.29, 1.82) is 0 Å². The topological polar surface area (TPSA) is 132 Å². The lowest BCUT2D eigenvalue weighted by Crippen LogP contribution is -2.35. The number of nitrogens with zero attached hydrogens (tertiary/aromatic N) is 2. The molecule has 4 aromatic rings. The maximum absolute atomic E-state index is 15.8. The van der Waals surface area contributed by atoms with E-state index in [1.54, 1.807) is 0 Å². The fourth-order valence-corrected chi connectivity index (χ4v) is 6.84. The normalized spacial score (nSPS) is 16.8. The summed E-state index contributed by atoms with van der Waals surface area (Å²) in [5.41, 5.74) is -1.28. The van der Waals surface area contributed by atoms with Crippen molar-refractivity contribution in [3.05, 3.63) is 70.6 Å². The molecule has 0 bridgehead atoms. The summed E-state index contributed by atoms with van der Waals surface area (Å²) in [6, 6.07) is 6.62. The Labute approximate surface area is 255 Å². The summed E-state index contributed by atoms with van der Waals surface area (Å²) < 4.78 is 85.8. The van der Waals surface area contributed by atoms with Gasteiger partial charge in [0.15, 0.2) is 11.9 Å².